The van der Waals surface area contributed by atoms with Gasteiger partial charge in [-0.25, -0.2) is 4.39 Å². The van der Waals surface area contributed by atoms with Crippen molar-refractivity contribution in [2.45, 2.75) is 32.6 Å². The maximum Gasteiger partial charge on any atom is 0.254 e. The molecule has 1 aromatic heterocycles. The molecule has 7 heteroatoms. The number of rotatable bonds is 9. The van der Waals surface area contributed by atoms with Crippen LogP contribution in [0.15, 0.2) is 41.1 Å². The molecular weight excluding hydrogens is 325 g/mol. The standard InChI is InChI=1S/C18H22FN3O3/c1-2-3-4-5-11-22(13-17(23)20-16-10-12-25-21-16)18(24)14-6-8-15(19)9-7-14/h6-10,12H,2-5,11,13H2,1H3,(H,20,21,23). The zero-order chi connectivity index (χ0) is 18.1. The lowest BCUT2D eigenvalue weighted by Gasteiger charge is -2.22. The summed E-state index contributed by atoms with van der Waals surface area (Å²) in [5.74, 6) is -0.772. The van der Waals surface area contributed by atoms with Crippen LogP contribution >= 0.6 is 0 Å². The fourth-order valence-electron chi connectivity index (χ4n) is 2.39. The molecule has 0 radical (unpaired) electrons. The van der Waals surface area contributed by atoms with Crippen LogP contribution in [0.25, 0.3) is 0 Å². The first-order valence-electron chi connectivity index (χ1n) is 8.35. The van der Waals surface area contributed by atoms with E-state index in [0.717, 1.165) is 25.7 Å². The second kappa shape index (κ2) is 9.56. The van der Waals surface area contributed by atoms with Crippen LogP contribution in [0, 0.1) is 5.82 Å². The van der Waals surface area contributed by atoms with E-state index in [0.29, 0.717) is 17.9 Å². The third kappa shape index (κ3) is 6.02. The maximum absolute atomic E-state index is 13.1. The molecule has 1 heterocycles. The number of benzene rings is 1. The van der Waals surface area contributed by atoms with Crippen LogP contribution in [0.5, 0.6) is 0 Å². The second-order valence-electron chi connectivity index (χ2n) is 5.73. The van der Waals surface area contributed by atoms with Crippen molar-refractivity contribution in [3.63, 3.8) is 0 Å². The Morgan fingerprint density at radius 3 is 2.56 bits per heavy atom. The highest BCUT2D eigenvalue weighted by atomic mass is 19.1. The van der Waals surface area contributed by atoms with Gasteiger partial charge >= 0.3 is 0 Å². The summed E-state index contributed by atoms with van der Waals surface area (Å²) in [6.07, 6.45) is 5.29. The van der Waals surface area contributed by atoms with E-state index in [-0.39, 0.29) is 18.4 Å². The minimum Gasteiger partial charge on any atom is -0.363 e. The molecule has 0 bridgehead atoms. The molecule has 6 nitrogen and oxygen atoms in total. The highest BCUT2D eigenvalue weighted by Gasteiger charge is 2.19. The zero-order valence-electron chi connectivity index (χ0n) is 14.2. The minimum absolute atomic E-state index is 0.102. The third-order valence-corrected chi connectivity index (χ3v) is 3.70. The maximum atomic E-state index is 13.1. The molecule has 2 aromatic rings. The summed E-state index contributed by atoms with van der Waals surface area (Å²) in [5, 5.41) is 6.18. The van der Waals surface area contributed by atoms with E-state index in [1.54, 1.807) is 0 Å². The van der Waals surface area contributed by atoms with E-state index in [1.807, 2.05) is 0 Å². The summed E-state index contributed by atoms with van der Waals surface area (Å²) in [6, 6.07) is 6.83. The van der Waals surface area contributed by atoms with Crippen molar-refractivity contribution in [1.29, 1.82) is 0 Å². The Bertz CT molecular complexity index is 671. The van der Waals surface area contributed by atoms with Crippen molar-refractivity contribution >= 4 is 17.6 Å². The van der Waals surface area contributed by atoms with E-state index < -0.39 is 5.82 Å². The Morgan fingerprint density at radius 1 is 1.16 bits per heavy atom. The first-order chi connectivity index (χ1) is 12.1. The number of aromatic nitrogens is 1. The van der Waals surface area contributed by atoms with Crippen LogP contribution in [0.1, 0.15) is 43.0 Å². The molecule has 0 aliphatic rings. The highest BCUT2D eigenvalue weighted by Crippen LogP contribution is 2.10. The topological polar surface area (TPSA) is 75.4 Å². The Morgan fingerprint density at radius 2 is 1.92 bits per heavy atom. The molecule has 1 aromatic carbocycles. The number of anilines is 1. The van der Waals surface area contributed by atoms with Crippen molar-refractivity contribution in [3.05, 3.63) is 48.0 Å². The van der Waals surface area contributed by atoms with Gasteiger partial charge in [-0.05, 0) is 30.7 Å². The van der Waals surface area contributed by atoms with Gasteiger partial charge in [0.25, 0.3) is 5.91 Å². The Labute approximate surface area is 146 Å². The van der Waals surface area contributed by atoms with E-state index >= 15 is 0 Å². The molecule has 0 aliphatic heterocycles. The lowest BCUT2D eigenvalue weighted by molar-refractivity contribution is -0.117. The Kier molecular flexibility index (Phi) is 7.13. The summed E-state index contributed by atoms with van der Waals surface area (Å²) in [5.41, 5.74) is 0.353. The van der Waals surface area contributed by atoms with Gasteiger partial charge in [-0.15, -0.1) is 0 Å². The number of unbranched alkanes of at least 4 members (excludes halogenated alkanes) is 3. The smallest absolute Gasteiger partial charge is 0.254 e. The summed E-state index contributed by atoms with van der Waals surface area (Å²) in [4.78, 5) is 26.3. The summed E-state index contributed by atoms with van der Waals surface area (Å²) in [6.45, 7) is 2.46. The molecule has 134 valence electrons. The highest BCUT2D eigenvalue weighted by molar-refractivity contribution is 5.99. The number of nitrogens with zero attached hydrogens (tertiary/aromatic N) is 2. The van der Waals surface area contributed by atoms with Crippen LogP contribution in [-0.2, 0) is 4.79 Å². The van der Waals surface area contributed by atoms with Gasteiger partial charge in [-0.3, -0.25) is 9.59 Å². The lowest BCUT2D eigenvalue weighted by atomic mass is 10.1. The molecule has 1 N–H and O–H groups in total. The van der Waals surface area contributed by atoms with Crippen molar-refractivity contribution in [2.75, 3.05) is 18.4 Å². The minimum atomic E-state index is -0.408. The molecule has 2 rings (SSSR count). The fourth-order valence-corrected chi connectivity index (χ4v) is 2.39. The van der Waals surface area contributed by atoms with Gasteiger partial charge in [0.2, 0.25) is 5.91 Å². The number of hydrogen-bond acceptors (Lipinski definition) is 4. The van der Waals surface area contributed by atoms with Crippen LogP contribution in [-0.4, -0.2) is 35.0 Å². The van der Waals surface area contributed by atoms with Crippen LogP contribution in [0.3, 0.4) is 0 Å². The number of carbonyl (C=O) groups excluding carboxylic acids is 2. The molecule has 0 saturated heterocycles. The Balaban J connectivity index is 2.01. The van der Waals surface area contributed by atoms with Gasteiger partial charge in [0.05, 0.1) is 0 Å². The molecule has 25 heavy (non-hydrogen) atoms. The molecule has 2 amide bonds. The van der Waals surface area contributed by atoms with Crippen LogP contribution in [0.2, 0.25) is 0 Å². The first-order valence-corrected chi connectivity index (χ1v) is 8.35. The summed E-state index contributed by atoms with van der Waals surface area (Å²) >= 11 is 0. The van der Waals surface area contributed by atoms with E-state index in [4.69, 9.17) is 0 Å². The zero-order valence-corrected chi connectivity index (χ0v) is 14.2. The van der Waals surface area contributed by atoms with Gasteiger partial charge in [0.15, 0.2) is 5.82 Å². The fraction of sp³-hybridized carbons (Fsp3) is 0.389. The van der Waals surface area contributed by atoms with Crippen molar-refractivity contribution in [1.82, 2.24) is 10.1 Å². The molecule has 0 unspecified atom stereocenters. The van der Waals surface area contributed by atoms with Crippen LogP contribution < -0.4 is 5.32 Å². The van der Waals surface area contributed by atoms with Gasteiger partial charge < -0.3 is 14.7 Å². The van der Waals surface area contributed by atoms with Crippen molar-refractivity contribution < 1.29 is 18.5 Å². The average Bonchev–Trinajstić information content (AvgIpc) is 3.10. The predicted octanol–water partition coefficient (Wildman–Crippen LogP) is 3.47. The van der Waals surface area contributed by atoms with Gasteiger partial charge in [-0.1, -0.05) is 31.3 Å². The molecule has 0 saturated carbocycles. The summed E-state index contributed by atoms with van der Waals surface area (Å²) in [7, 11) is 0. The number of amides is 2. The third-order valence-electron chi connectivity index (χ3n) is 3.70. The van der Waals surface area contributed by atoms with Crippen LogP contribution in [0.4, 0.5) is 10.2 Å². The predicted molar refractivity (Wildman–Crippen MR) is 91.6 cm³/mol. The first kappa shape index (κ1) is 18.6. The summed E-state index contributed by atoms with van der Waals surface area (Å²) < 4.78 is 17.7. The van der Waals surface area contributed by atoms with E-state index in [9.17, 15) is 14.0 Å². The van der Waals surface area contributed by atoms with E-state index in [2.05, 4.69) is 21.9 Å². The monoisotopic (exact) mass is 347 g/mol. The van der Waals surface area contributed by atoms with Gasteiger partial charge in [0, 0.05) is 18.2 Å². The van der Waals surface area contributed by atoms with Crippen molar-refractivity contribution in [3.8, 4) is 0 Å². The molecule has 0 fully saturated rings. The normalized spacial score (nSPS) is 10.5. The molecular formula is C18H22FN3O3. The quantitative estimate of drug-likeness (QED) is 0.705. The van der Waals surface area contributed by atoms with Gasteiger partial charge in [-0.2, -0.15) is 0 Å². The number of carbonyl (C=O) groups is 2. The number of nitrogens with one attached hydrogen (secondary N) is 1. The largest absolute Gasteiger partial charge is 0.363 e. The molecule has 0 aliphatic carbocycles. The Hall–Kier alpha value is -2.70. The number of halogens is 1. The molecule has 0 spiro atoms. The van der Waals surface area contributed by atoms with Gasteiger partial charge in [0.1, 0.15) is 18.6 Å². The molecule has 0 atom stereocenters. The SMILES string of the molecule is CCCCCCN(CC(=O)Nc1ccon1)C(=O)c1ccc(F)cc1. The lowest BCUT2D eigenvalue weighted by Crippen LogP contribution is -2.38. The van der Waals surface area contributed by atoms with E-state index in [1.165, 1.54) is 41.5 Å². The average molecular weight is 347 g/mol. The van der Waals surface area contributed by atoms with Crippen molar-refractivity contribution in [2.24, 2.45) is 0 Å². The second-order valence-corrected chi connectivity index (χ2v) is 5.73. The number of hydrogen-bond donors (Lipinski definition) is 1.